The number of nitro benzene ring substituents is 6. The summed E-state index contributed by atoms with van der Waals surface area (Å²) in [5, 5.41) is 92.9. The van der Waals surface area contributed by atoms with Crippen molar-refractivity contribution >= 4 is 45.5 Å². The van der Waals surface area contributed by atoms with E-state index in [9.17, 15) is 80.9 Å². The highest BCUT2D eigenvalue weighted by Gasteiger charge is 2.49. The summed E-state index contributed by atoms with van der Waals surface area (Å²) in [5.74, 6) is -3.43. The average Bonchev–Trinajstić information content (AvgIpc) is 3.27. The molecule has 0 unspecified atom stereocenters. The normalized spacial score (nSPS) is 10.5. The summed E-state index contributed by atoms with van der Waals surface area (Å²) < 4.78 is 4.96. The fraction of sp³-hybridized carbons (Fsp3) is 0. The van der Waals surface area contributed by atoms with E-state index in [4.69, 9.17) is 4.42 Å². The van der Waals surface area contributed by atoms with Gasteiger partial charge in [-0.1, -0.05) is 0 Å². The van der Waals surface area contributed by atoms with Crippen molar-refractivity contribution < 1.29 is 43.8 Å². The Kier molecular flexibility index (Phi) is 6.95. The zero-order valence-corrected chi connectivity index (χ0v) is 18.8. The van der Waals surface area contributed by atoms with E-state index in [0.29, 0.717) is 0 Å². The van der Waals surface area contributed by atoms with Gasteiger partial charge in [0.2, 0.25) is 11.5 Å². The van der Waals surface area contributed by atoms with Crippen molar-refractivity contribution in [2.45, 2.75) is 0 Å². The Morgan fingerprint density at radius 1 is 0.390 bits per heavy atom. The van der Waals surface area contributed by atoms with Crippen molar-refractivity contribution in [1.82, 2.24) is 0 Å². The topological polar surface area (TPSA) is 358 Å². The van der Waals surface area contributed by atoms with Gasteiger partial charge in [-0.15, -0.1) is 0 Å². The lowest BCUT2D eigenvalue weighted by Gasteiger charge is -2.03. The molecule has 0 saturated carbocycles. The fourth-order valence-electron chi connectivity index (χ4n) is 3.54. The molecular weight excluding hydrogens is 576 g/mol. The Morgan fingerprint density at radius 2 is 0.634 bits per heavy atom. The minimum atomic E-state index is -1.94. The number of benzene rings is 2. The summed E-state index contributed by atoms with van der Waals surface area (Å²) in [4.78, 5) is 80.8. The van der Waals surface area contributed by atoms with Gasteiger partial charge in [0.15, 0.2) is 11.1 Å². The molecule has 0 aliphatic rings. The van der Waals surface area contributed by atoms with Crippen LogP contribution in [0.25, 0.3) is 22.6 Å². The number of hydrogen-bond acceptors (Lipinski definition) is 17. The Balaban J connectivity index is 2.70. The van der Waals surface area contributed by atoms with Crippen LogP contribution in [0, 0.1) is 80.9 Å². The first kappa shape index (κ1) is 28.5. The van der Waals surface area contributed by atoms with Crippen LogP contribution in [0.5, 0.6) is 0 Å². The molecule has 0 fully saturated rings. The summed E-state index contributed by atoms with van der Waals surface area (Å²) in [7, 11) is 0. The van der Waals surface area contributed by atoms with E-state index < -0.39 is 108 Å². The van der Waals surface area contributed by atoms with Gasteiger partial charge in [-0.05, 0) is 0 Å². The molecule has 0 atom stereocenters. The molecule has 25 nitrogen and oxygen atoms in total. The summed E-state index contributed by atoms with van der Waals surface area (Å²) >= 11 is 0. The average molecular weight is 580 g/mol. The quantitative estimate of drug-likeness (QED) is 0.242. The molecule has 3 aromatic rings. The zero-order chi connectivity index (χ0) is 31.1. The SMILES string of the molecule is O=[N+]([O-])c1cc([N+](=O)[O-])c(-c2oc(-c3c([N+](=O)[O-])cc([N+](=O)[O-])cc3[N+](=O)[O-])c([N+](=O)[O-])c2[N+](=O)[O-])c([N+](=O)[O-])c1. The van der Waals surface area contributed by atoms with Crippen LogP contribution in [-0.2, 0) is 0 Å². The summed E-state index contributed by atoms with van der Waals surface area (Å²) in [6, 6.07) is 0.321. The van der Waals surface area contributed by atoms with Gasteiger partial charge in [-0.25, -0.2) is 0 Å². The molecule has 1 aromatic heterocycles. The predicted octanol–water partition coefficient (Wildman–Crippen LogP) is 3.88. The summed E-state index contributed by atoms with van der Waals surface area (Å²) in [5.41, 5.74) is -16.1. The van der Waals surface area contributed by atoms with Crippen molar-refractivity contribution in [2.24, 2.45) is 0 Å². The molecule has 3 rings (SSSR count). The van der Waals surface area contributed by atoms with Gasteiger partial charge in [0.25, 0.3) is 34.1 Å². The number of nitro groups is 8. The lowest BCUT2D eigenvalue weighted by molar-refractivity contribution is -0.421. The second-order valence-corrected chi connectivity index (χ2v) is 7.23. The number of hydrogen-bond donors (Lipinski definition) is 0. The zero-order valence-electron chi connectivity index (χ0n) is 18.8. The van der Waals surface area contributed by atoms with Crippen LogP contribution in [-0.4, -0.2) is 39.4 Å². The minimum absolute atomic E-state index is 0.0802. The molecule has 0 spiro atoms. The molecule has 0 amide bonds. The Labute approximate surface area is 218 Å². The third kappa shape index (κ3) is 4.81. The third-order valence-corrected chi connectivity index (χ3v) is 5.05. The first-order valence-corrected chi connectivity index (χ1v) is 9.68. The molecule has 210 valence electrons. The molecule has 0 radical (unpaired) electrons. The highest BCUT2D eigenvalue weighted by molar-refractivity contribution is 5.95. The van der Waals surface area contributed by atoms with Gasteiger partial charge in [0.1, 0.15) is 0 Å². The van der Waals surface area contributed by atoms with Crippen molar-refractivity contribution in [2.75, 3.05) is 0 Å². The van der Waals surface area contributed by atoms with E-state index in [1.165, 1.54) is 0 Å². The van der Waals surface area contributed by atoms with E-state index in [-0.39, 0.29) is 24.3 Å². The van der Waals surface area contributed by atoms with Gasteiger partial charge < -0.3 is 4.42 Å². The van der Waals surface area contributed by atoms with Crippen LogP contribution in [0.4, 0.5) is 45.5 Å². The highest BCUT2D eigenvalue weighted by atomic mass is 16.7. The molecule has 0 aliphatic carbocycles. The monoisotopic (exact) mass is 580 g/mol. The second-order valence-electron chi connectivity index (χ2n) is 7.23. The van der Waals surface area contributed by atoms with E-state index in [1.54, 1.807) is 0 Å². The number of rotatable bonds is 10. The van der Waals surface area contributed by atoms with E-state index in [0.717, 1.165) is 0 Å². The van der Waals surface area contributed by atoms with Gasteiger partial charge in [-0.3, -0.25) is 80.9 Å². The van der Waals surface area contributed by atoms with Crippen LogP contribution in [0.1, 0.15) is 0 Å². The Hall–Kier alpha value is -7.08. The van der Waals surface area contributed by atoms with E-state index >= 15 is 0 Å². The van der Waals surface area contributed by atoms with Crippen LogP contribution in [0.15, 0.2) is 28.7 Å². The molecule has 41 heavy (non-hydrogen) atoms. The number of non-ortho nitro benzene ring substituents is 2. The smallest absolute Gasteiger partial charge is 0.393 e. The van der Waals surface area contributed by atoms with Crippen LogP contribution >= 0.6 is 0 Å². The van der Waals surface area contributed by atoms with Crippen LogP contribution in [0.3, 0.4) is 0 Å². The Morgan fingerprint density at radius 3 is 0.805 bits per heavy atom. The van der Waals surface area contributed by atoms with Gasteiger partial charge in [0.05, 0.1) is 63.7 Å². The molecule has 1 heterocycles. The lowest BCUT2D eigenvalue weighted by atomic mass is 10.0. The predicted molar refractivity (Wildman–Crippen MR) is 123 cm³/mol. The van der Waals surface area contributed by atoms with Crippen molar-refractivity contribution in [3.63, 3.8) is 0 Å². The number of nitrogens with zero attached hydrogens (tertiary/aromatic N) is 8. The van der Waals surface area contributed by atoms with E-state index in [2.05, 4.69) is 0 Å². The standard InChI is InChI=1S/C16H4N8O17/c25-17(26)5-1-7(19(29)30)11(8(2-5)20(31)32)15-13(23(37)38)14(24(39)40)16(41-15)12-9(21(33)34)3-6(18(27)28)4-10(12)22(35)36/h1-4H. The lowest BCUT2D eigenvalue weighted by Crippen LogP contribution is -2.02. The first-order chi connectivity index (χ1) is 19.0. The number of furan rings is 1. The van der Waals surface area contributed by atoms with E-state index in [1.807, 2.05) is 0 Å². The van der Waals surface area contributed by atoms with Gasteiger partial charge in [-0.2, -0.15) is 0 Å². The third-order valence-electron chi connectivity index (χ3n) is 5.05. The second kappa shape index (κ2) is 10.00. The van der Waals surface area contributed by atoms with Gasteiger partial charge in [0, 0.05) is 0 Å². The minimum Gasteiger partial charge on any atom is -0.440 e. The van der Waals surface area contributed by atoms with Crippen molar-refractivity contribution in [3.8, 4) is 22.6 Å². The molecule has 0 N–H and O–H groups in total. The maximum absolute atomic E-state index is 11.9. The summed E-state index contributed by atoms with van der Waals surface area (Å²) in [6.07, 6.45) is 0. The van der Waals surface area contributed by atoms with Crippen LogP contribution in [0.2, 0.25) is 0 Å². The molecule has 0 saturated heterocycles. The maximum atomic E-state index is 11.9. The maximum Gasteiger partial charge on any atom is 0.393 e. The highest BCUT2D eigenvalue weighted by Crippen LogP contribution is 2.55. The summed E-state index contributed by atoms with van der Waals surface area (Å²) in [6.45, 7) is 0. The fourth-order valence-corrected chi connectivity index (χ4v) is 3.54. The van der Waals surface area contributed by atoms with Crippen molar-refractivity contribution in [3.05, 3.63) is 105 Å². The van der Waals surface area contributed by atoms with Crippen LogP contribution < -0.4 is 0 Å². The molecule has 0 bridgehead atoms. The largest absolute Gasteiger partial charge is 0.440 e. The molecular formula is C16H4N8O17. The molecule has 2 aromatic carbocycles. The molecule has 25 heteroatoms. The van der Waals surface area contributed by atoms with Crippen molar-refractivity contribution in [1.29, 1.82) is 0 Å². The first-order valence-electron chi connectivity index (χ1n) is 9.68. The van der Waals surface area contributed by atoms with Gasteiger partial charge >= 0.3 is 11.4 Å². The molecule has 0 aliphatic heterocycles. The Bertz CT molecular complexity index is 1580.